The number of carbonyl (C=O) groups excluding carboxylic acids is 1. The van der Waals surface area contributed by atoms with Crippen molar-refractivity contribution in [1.82, 2.24) is 23.8 Å². The van der Waals surface area contributed by atoms with Crippen molar-refractivity contribution in [3.63, 3.8) is 0 Å². The number of carbonyl (C=O) groups is 1. The Balaban J connectivity index is 1.23. The van der Waals surface area contributed by atoms with Crippen LogP contribution < -0.4 is 10.6 Å². The van der Waals surface area contributed by atoms with Crippen molar-refractivity contribution in [2.75, 3.05) is 36.5 Å². The summed E-state index contributed by atoms with van der Waals surface area (Å²) in [6.07, 6.45) is 7.40. The first-order valence-corrected chi connectivity index (χ1v) is 14.1. The Hall–Kier alpha value is -3.83. The van der Waals surface area contributed by atoms with Crippen molar-refractivity contribution in [3.05, 3.63) is 72.7 Å². The van der Waals surface area contributed by atoms with Gasteiger partial charge in [-0.05, 0) is 61.6 Å². The Morgan fingerprint density at radius 3 is 2.76 bits per heavy atom. The Morgan fingerprint density at radius 1 is 1.11 bits per heavy atom. The van der Waals surface area contributed by atoms with Crippen LogP contribution in [-0.2, 0) is 10.0 Å². The summed E-state index contributed by atoms with van der Waals surface area (Å²) in [7, 11) is -3.15. The minimum absolute atomic E-state index is 0.178. The number of nitrogens with one attached hydrogen (secondary N) is 2. The fourth-order valence-corrected chi connectivity index (χ4v) is 5.53. The van der Waals surface area contributed by atoms with Crippen molar-refractivity contribution in [2.45, 2.75) is 19.3 Å². The van der Waals surface area contributed by atoms with Gasteiger partial charge in [0.05, 0.1) is 17.3 Å². The molecule has 1 aliphatic heterocycles. The number of benzene rings is 2. The van der Waals surface area contributed by atoms with Crippen LogP contribution in [0.1, 0.15) is 29.6 Å². The summed E-state index contributed by atoms with van der Waals surface area (Å²) in [6, 6.07) is 16.4. The van der Waals surface area contributed by atoms with Crippen molar-refractivity contribution in [2.24, 2.45) is 5.92 Å². The standard InChI is InChI=1S/C26H29N7O3S/c1-37(35,36)32-15-5-6-19(17-32)11-13-27-26-28-14-12-24(31-26)33-18-29-22-16-21(9-10-23(22)33)30-25(34)20-7-3-2-4-8-20/h2-4,7-10,12,14,16,18-19H,5-6,11,13,15,17H2,1H3,(H,30,34)(H,27,28,31). The lowest BCUT2D eigenvalue weighted by atomic mass is 9.96. The number of amides is 1. The van der Waals surface area contributed by atoms with Gasteiger partial charge in [-0.15, -0.1) is 0 Å². The van der Waals surface area contributed by atoms with E-state index in [9.17, 15) is 13.2 Å². The monoisotopic (exact) mass is 519 g/mol. The van der Waals surface area contributed by atoms with Crippen molar-refractivity contribution < 1.29 is 13.2 Å². The quantitative estimate of drug-likeness (QED) is 0.365. The first-order chi connectivity index (χ1) is 17.9. The molecule has 0 aliphatic carbocycles. The van der Waals surface area contributed by atoms with Crippen LogP contribution in [0.3, 0.4) is 0 Å². The van der Waals surface area contributed by atoms with Crippen molar-refractivity contribution >= 4 is 38.6 Å². The van der Waals surface area contributed by atoms with Gasteiger partial charge < -0.3 is 10.6 Å². The average molecular weight is 520 g/mol. The van der Waals surface area contributed by atoms with E-state index in [2.05, 4.69) is 25.6 Å². The Morgan fingerprint density at radius 2 is 1.95 bits per heavy atom. The molecule has 1 saturated heterocycles. The molecule has 1 aliphatic rings. The number of piperidine rings is 1. The molecule has 0 bridgehead atoms. The van der Waals surface area contributed by atoms with Gasteiger partial charge in [-0.1, -0.05) is 18.2 Å². The highest BCUT2D eigenvalue weighted by Gasteiger charge is 2.25. The molecular formula is C26H29N7O3S. The highest BCUT2D eigenvalue weighted by atomic mass is 32.2. The summed E-state index contributed by atoms with van der Waals surface area (Å²) in [6.45, 7) is 1.82. The van der Waals surface area contributed by atoms with Crippen LogP contribution in [-0.4, -0.2) is 64.0 Å². The van der Waals surface area contributed by atoms with E-state index < -0.39 is 10.0 Å². The highest BCUT2D eigenvalue weighted by molar-refractivity contribution is 7.88. The van der Waals surface area contributed by atoms with Crippen molar-refractivity contribution in [1.29, 1.82) is 0 Å². The molecule has 0 saturated carbocycles. The Labute approximate surface area is 215 Å². The molecule has 1 fully saturated rings. The lowest BCUT2D eigenvalue weighted by molar-refractivity contribution is 0.102. The number of fused-ring (bicyclic) bond motifs is 1. The lowest BCUT2D eigenvalue weighted by Gasteiger charge is -2.30. The van der Waals surface area contributed by atoms with Crippen LogP contribution in [0.4, 0.5) is 11.6 Å². The number of rotatable bonds is 8. The molecule has 0 spiro atoms. The van der Waals surface area contributed by atoms with Crippen LogP contribution in [0.5, 0.6) is 0 Å². The van der Waals surface area contributed by atoms with Gasteiger partial charge >= 0.3 is 0 Å². The fraction of sp³-hybridized carbons (Fsp3) is 0.308. The van der Waals surface area contributed by atoms with Crippen LogP contribution in [0.25, 0.3) is 16.9 Å². The molecule has 11 heteroatoms. The van der Waals surface area contributed by atoms with E-state index in [0.29, 0.717) is 48.6 Å². The number of anilines is 2. The van der Waals surface area contributed by atoms with E-state index in [4.69, 9.17) is 0 Å². The molecule has 1 amide bonds. The predicted molar refractivity (Wildman–Crippen MR) is 143 cm³/mol. The van der Waals surface area contributed by atoms with E-state index >= 15 is 0 Å². The molecule has 2 N–H and O–H groups in total. The largest absolute Gasteiger partial charge is 0.354 e. The zero-order valence-electron chi connectivity index (χ0n) is 20.5. The first kappa shape index (κ1) is 24.8. The lowest BCUT2D eigenvalue weighted by Crippen LogP contribution is -2.39. The van der Waals surface area contributed by atoms with E-state index in [-0.39, 0.29) is 5.91 Å². The summed E-state index contributed by atoms with van der Waals surface area (Å²) >= 11 is 0. The number of hydrogen-bond acceptors (Lipinski definition) is 7. The summed E-state index contributed by atoms with van der Waals surface area (Å²) in [5.74, 6) is 1.31. The van der Waals surface area contributed by atoms with Gasteiger partial charge in [0, 0.05) is 37.1 Å². The topological polar surface area (TPSA) is 122 Å². The summed E-state index contributed by atoms with van der Waals surface area (Å²) in [4.78, 5) is 25.9. The summed E-state index contributed by atoms with van der Waals surface area (Å²) in [5, 5.41) is 6.18. The highest BCUT2D eigenvalue weighted by Crippen LogP contribution is 2.23. The predicted octanol–water partition coefficient (Wildman–Crippen LogP) is 3.54. The third-order valence-electron chi connectivity index (χ3n) is 6.52. The third kappa shape index (κ3) is 5.95. The van der Waals surface area contributed by atoms with E-state index in [1.807, 2.05) is 47.0 Å². The smallest absolute Gasteiger partial charge is 0.255 e. The Kier molecular flexibility index (Phi) is 7.15. The Bertz CT molecular complexity index is 1510. The minimum atomic E-state index is -3.15. The molecule has 3 heterocycles. The number of sulfonamides is 1. The maximum Gasteiger partial charge on any atom is 0.255 e. The molecular weight excluding hydrogens is 490 g/mol. The van der Waals surface area contributed by atoms with Gasteiger partial charge in [0.15, 0.2) is 0 Å². The van der Waals surface area contributed by atoms with Crippen LogP contribution in [0.15, 0.2) is 67.1 Å². The molecule has 4 aromatic rings. The molecule has 10 nitrogen and oxygen atoms in total. The molecule has 192 valence electrons. The van der Waals surface area contributed by atoms with Gasteiger partial charge in [0.1, 0.15) is 12.1 Å². The normalized spacial score (nSPS) is 16.5. The summed E-state index contributed by atoms with van der Waals surface area (Å²) < 4.78 is 27.2. The van der Waals surface area contributed by atoms with E-state index in [1.54, 1.807) is 29.0 Å². The molecule has 2 aromatic heterocycles. The second-order valence-electron chi connectivity index (χ2n) is 9.22. The van der Waals surface area contributed by atoms with Crippen LogP contribution in [0.2, 0.25) is 0 Å². The van der Waals surface area contributed by atoms with Gasteiger partial charge in [-0.25, -0.2) is 22.7 Å². The third-order valence-corrected chi connectivity index (χ3v) is 7.78. The number of hydrogen-bond donors (Lipinski definition) is 2. The summed E-state index contributed by atoms with van der Waals surface area (Å²) in [5.41, 5.74) is 2.83. The van der Waals surface area contributed by atoms with Gasteiger partial charge in [-0.3, -0.25) is 9.36 Å². The van der Waals surface area contributed by atoms with Crippen molar-refractivity contribution in [3.8, 4) is 5.82 Å². The number of imidazole rings is 1. The second-order valence-corrected chi connectivity index (χ2v) is 11.2. The van der Waals surface area contributed by atoms with Crippen LogP contribution >= 0.6 is 0 Å². The number of nitrogens with zero attached hydrogens (tertiary/aromatic N) is 5. The maximum atomic E-state index is 12.5. The fourth-order valence-electron chi connectivity index (χ4n) is 4.59. The van der Waals surface area contributed by atoms with Gasteiger partial charge in [-0.2, -0.15) is 4.98 Å². The molecule has 2 aromatic carbocycles. The minimum Gasteiger partial charge on any atom is -0.354 e. The van der Waals surface area contributed by atoms with Gasteiger partial charge in [0.2, 0.25) is 16.0 Å². The molecule has 5 rings (SSSR count). The van der Waals surface area contributed by atoms with Crippen LogP contribution in [0, 0.1) is 5.92 Å². The molecule has 1 atom stereocenters. The molecule has 0 radical (unpaired) electrons. The first-order valence-electron chi connectivity index (χ1n) is 12.2. The number of aromatic nitrogens is 4. The average Bonchev–Trinajstić information content (AvgIpc) is 3.32. The molecule has 1 unspecified atom stereocenters. The zero-order valence-corrected chi connectivity index (χ0v) is 21.4. The van der Waals surface area contributed by atoms with Gasteiger partial charge in [0.25, 0.3) is 5.91 Å². The van der Waals surface area contributed by atoms with E-state index in [0.717, 1.165) is 30.3 Å². The SMILES string of the molecule is CS(=O)(=O)N1CCCC(CCNc2nccc(-n3cnc4cc(NC(=O)c5ccccc5)ccc43)n2)C1. The molecule has 37 heavy (non-hydrogen) atoms. The van der Waals surface area contributed by atoms with E-state index in [1.165, 1.54) is 6.26 Å². The second kappa shape index (κ2) is 10.7. The zero-order chi connectivity index (χ0) is 25.8. The maximum absolute atomic E-state index is 12.5.